The second-order valence-corrected chi connectivity index (χ2v) is 10.2. The van der Waals surface area contributed by atoms with Crippen LogP contribution in [0.3, 0.4) is 0 Å². The summed E-state index contributed by atoms with van der Waals surface area (Å²) in [7, 11) is 1.48. The SMILES string of the molecule is COc1cc(C2C(C(=O)Nc3cccc(C)c3)=C(C)Nc3nc(SCc4ccccc4Cl)nn32)ccc1O. The number of phenolic OH excluding ortho intramolecular Hbond substituents is 1. The number of thioether (sulfide) groups is 1. The number of benzene rings is 3. The summed E-state index contributed by atoms with van der Waals surface area (Å²) in [5.74, 6) is 1.13. The molecule has 1 atom stereocenters. The van der Waals surface area contributed by atoms with Crippen molar-refractivity contribution in [3.05, 3.63) is 99.7 Å². The molecule has 1 aromatic heterocycles. The Bertz CT molecular complexity index is 1550. The molecule has 0 saturated heterocycles. The summed E-state index contributed by atoms with van der Waals surface area (Å²) in [6.07, 6.45) is 0. The van der Waals surface area contributed by atoms with Crippen molar-refractivity contribution in [3.63, 3.8) is 0 Å². The molecule has 10 heteroatoms. The van der Waals surface area contributed by atoms with Gasteiger partial charge in [0.2, 0.25) is 11.1 Å². The Labute approximate surface area is 229 Å². The average Bonchev–Trinajstić information content (AvgIpc) is 3.30. The predicted octanol–water partition coefficient (Wildman–Crippen LogP) is 6.17. The van der Waals surface area contributed by atoms with Gasteiger partial charge in [-0.2, -0.15) is 4.98 Å². The lowest BCUT2D eigenvalue weighted by Gasteiger charge is -2.29. The van der Waals surface area contributed by atoms with Crippen LogP contribution in [0.4, 0.5) is 11.6 Å². The number of aromatic nitrogens is 3. The first-order valence-corrected chi connectivity index (χ1v) is 13.3. The molecule has 0 spiro atoms. The zero-order chi connectivity index (χ0) is 26.8. The Morgan fingerprint density at radius 2 is 1.97 bits per heavy atom. The Morgan fingerprint density at radius 1 is 1.16 bits per heavy atom. The summed E-state index contributed by atoms with van der Waals surface area (Å²) >= 11 is 7.78. The van der Waals surface area contributed by atoms with Gasteiger partial charge >= 0.3 is 0 Å². The number of fused-ring (bicyclic) bond motifs is 1. The van der Waals surface area contributed by atoms with Crippen LogP contribution in [0.5, 0.6) is 11.5 Å². The number of rotatable bonds is 7. The van der Waals surface area contributed by atoms with E-state index in [1.165, 1.54) is 18.9 Å². The number of amides is 1. The van der Waals surface area contributed by atoms with E-state index in [9.17, 15) is 9.90 Å². The largest absolute Gasteiger partial charge is 0.504 e. The lowest BCUT2D eigenvalue weighted by atomic mass is 9.94. The molecule has 4 aromatic rings. The van der Waals surface area contributed by atoms with Crippen LogP contribution in [-0.4, -0.2) is 32.9 Å². The highest BCUT2D eigenvalue weighted by Gasteiger charge is 2.35. The number of nitrogens with zero attached hydrogens (tertiary/aromatic N) is 3. The number of anilines is 2. The van der Waals surface area contributed by atoms with Gasteiger partial charge in [0, 0.05) is 22.2 Å². The van der Waals surface area contributed by atoms with E-state index in [1.807, 2.05) is 62.4 Å². The van der Waals surface area contributed by atoms with Gasteiger partial charge in [0.1, 0.15) is 6.04 Å². The van der Waals surface area contributed by atoms with Crippen LogP contribution in [-0.2, 0) is 10.5 Å². The number of phenols is 1. The van der Waals surface area contributed by atoms with Crippen LogP contribution in [0.1, 0.15) is 29.7 Å². The number of hydrogen-bond donors (Lipinski definition) is 3. The first-order valence-electron chi connectivity index (χ1n) is 11.9. The molecule has 3 aromatic carbocycles. The molecule has 38 heavy (non-hydrogen) atoms. The van der Waals surface area contributed by atoms with Gasteiger partial charge in [-0.05, 0) is 60.9 Å². The predicted molar refractivity (Wildman–Crippen MR) is 150 cm³/mol. The van der Waals surface area contributed by atoms with Crippen LogP contribution >= 0.6 is 23.4 Å². The number of carbonyl (C=O) groups excluding carboxylic acids is 1. The summed E-state index contributed by atoms with van der Waals surface area (Å²) < 4.78 is 7.05. The molecule has 8 nitrogen and oxygen atoms in total. The lowest BCUT2D eigenvalue weighted by Crippen LogP contribution is -2.31. The molecule has 1 aliphatic rings. The van der Waals surface area contributed by atoms with Crippen molar-refractivity contribution < 1.29 is 14.6 Å². The minimum absolute atomic E-state index is 0.00597. The zero-order valence-corrected chi connectivity index (χ0v) is 22.6. The number of halogens is 1. The minimum Gasteiger partial charge on any atom is -0.504 e. The van der Waals surface area contributed by atoms with E-state index in [0.29, 0.717) is 50.2 Å². The fraction of sp³-hybridized carbons (Fsp3) is 0.179. The highest BCUT2D eigenvalue weighted by Crippen LogP contribution is 2.40. The fourth-order valence-corrected chi connectivity index (χ4v) is 5.45. The summed E-state index contributed by atoms with van der Waals surface area (Å²) in [4.78, 5) is 18.4. The molecule has 0 saturated carbocycles. The fourth-order valence-electron chi connectivity index (χ4n) is 4.34. The summed E-state index contributed by atoms with van der Waals surface area (Å²) in [6, 6.07) is 19.7. The third-order valence-corrected chi connectivity index (χ3v) is 7.44. The Hall–Kier alpha value is -3.95. The van der Waals surface area contributed by atoms with Gasteiger partial charge in [-0.3, -0.25) is 4.79 Å². The molecule has 1 aliphatic heterocycles. The number of carbonyl (C=O) groups is 1. The highest BCUT2D eigenvalue weighted by molar-refractivity contribution is 7.98. The maximum absolute atomic E-state index is 13.7. The van der Waals surface area contributed by atoms with Gasteiger partial charge in [-0.15, -0.1) is 5.10 Å². The number of aryl methyl sites for hydroxylation is 1. The smallest absolute Gasteiger partial charge is 0.255 e. The van der Waals surface area contributed by atoms with Crippen molar-refractivity contribution in [2.75, 3.05) is 17.7 Å². The quantitative estimate of drug-likeness (QED) is 0.238. The van der Waals surface area contributed by atoms with E-state index in [2.05, 4.69) is 15.6 Å². The maximum Gasteiger partial charge on any atom is 0.255 e. The molecular formula is C28H26ClN5O3S. The number of aromatic hydroxyl groups is 1. The van der Waals surface area contributed by atoms with Gasteiger partial charge in [0.25, 0.3) is 5.91 Å². The Balaban J connectivity index is 1.53. The standard InChI is InChI=1S/C28H26ClN5O3S/c1-16-7-6-9-20(13-16)31-26(36)24-17(2)30-27-32-28(38-15-19-8-4-5-10-21(19)29)33-34(27)25(24)18-11-12-22(35)23(14-18)37-3/h4-14,25,35H,15H2,1-3H3,(H,31,36)(H,30,32,33). The zero-order valence-electron chi connectivity index (χ0n) is 21.0. The number of allylic oxidation sites excluding steroid dienone is 1. The molecule has 5 rings (SSSR count). The van der Waals surface area contributed by atoms with Crippen molar-refractivity contribution >= 4 is 40.9 Å². The molecule has 2 heterocycles. The third-order valence-electron chi connectivity index (χ3n) is 6.19. The molecule has 0 radical (unpaired) electrons. The second-order valence-electron chi connectivity index (χ2n) is 8.86. The van der Waals surface area contributed by atoms with Gasteiger partial charge < -0.3 is 20.5 Å². The Kier molecular flexibility index (Phi) is 7.31. The van der Waals surface area contributed by atoms with E-state index in [4.69, 9.17) is 21.4 Å². The molecule has 194 valence electrons. The normalized spacial score (nSPS) is 14.6. The topological polar surface area (TPSA) is 101 Å². The molecule has 0 bridgehead atoms. The highest BCUT2D eigenvalue weighted by atomic mass is 35.5. The summed E-state index contributed by atoms with van der Waals surface area (Å²) in [5, 5.41) is 22.5. The van der Waals surface area contributed by atoms with Crippen molar-refractivity contribution in [2.45, 2.75) is 30.8 Å². The van der Waals surface area contributed by atoms with E-state index in [-0.39, 0.29) is 11.7 Å². The van der Waals surface area contributed by atoms with Gasteiger partial charge in [-0.1, -0.05) is 59.8 Å². The monoisotopic (exact) mass is 547 g/mol. The second kappa shape index (κ2) is 10.8. The first kappa shape index (κ1) is 25.7. The van der Waals surface area contributed by atoms with Crippen LogP contribution in [0.2, 0.25) is 5.02 Å². The van der Waals surface area contributed by atoms with Crippen LogP contribution in [0, 0.1) is 6.92 Å². The molecule has 1 amide bonds. The van der Waals surface area contributed by atoms with Crippen LogP contribution < -0.4 is 15.4 Å². The van der Waals surface area contributed by atoms with Crippen LogP contribution in [0.15, 0.2) is 83.2 Å². The van der Waals surface area contributed by atoms with Gasteiger partial charge in [-0.25, -0.2) is 4.68 Å². The minimum atomic E-state index is -0.618. The maximum atomic E-state index is 13.7. The van der Waals surface area contributed by atoms with Gasteiger partial charge in [0.05, 0.1) is 12.7 Å². The molecule has 0 aliphatic carbocycles. The van der Waals surface area contributed by atoms with Crippen molar-refractivity contribution in [2.24, 2.45) is 0 Å². The van der Waals surface area contributed by atoms with Crippen molar-refractivity contribution in [1.29, 1.82) is 0 Å². The van der Waals surface area contributed by atoms with Crippen molar-refractivity contribution in [1.82, 2.24) is 14.8 Å². The molecular weight excluding hydrogens is 522 g/mol. The van der Waals surface area contributed by atoms with E-state index >= 15 is 0 Å². The van der Waals surface area contributed by atoms with Crippen molar-refractivity contribution in [3.8, 4) is 11.5 Å². The summed E-state index contributed by atoms with van der Waals surface area (Å²) in [6.45, 7) is 3.81. The van der Waals surface area contributed by atoms with E-state index in [1.54, 1.807) is 22.9 Å². The lowest BCUT2D eigenvalue weighted by molar-refractivity contribution is -0.113. The Morgan fingerprint density at radius 3 is 2.74 bits per heavy atom. The number of ether oxygens (including phenoxy) is 1. The summed E-state index contributed by atoms with van der Waals surface area (Å²) in [5.41, 5.74) is 4.54. The van der Waals surface area contributed by atoms with Gasteiger partial charge in [0.15, 0.2) is 11.5 Å². The van der Waals surface area contributed by atoms with E-state index in [0.717, 1.165) is 11.1 Å². The number of hydrogen-bond acceptors (Lipinski definition) is 7. The molecule has 0 fully saturated rings. The molecule has 3 N–H and O–H groups in total. The first-order chi connectivity index (χ1) is 18.3. The average molecular weight is 548 g/mol. The van der Waals surface area contributed by atoms with Crippen LogP contribution in [0.25, 0.3) is 0 Å². The number of nitrogens with one attached hydrogen (secondary N) is 2. The third kappa shape index (κ3) is 5.20. The van der Waals surface area contributed by atoms with E-state index < -0.39 is 6.04 Å². The number of methoxy groups -OCH3 is 1. The molecule has 1 unspecified atom stereocenters.